The normalized spacial score (nSPS) is 11.5. The fourth-order valence-corrected chi connectivity index (χ4v) is 1.87. The molecular weight excluding hydrogens is 284 g/mol. The molecule has 6 heteroatoms. The van der Waals surface area contributed by atoms with Gasteiger partial charge < -0.3 is 14.2 Å². The predicted molar refractivity (Wildman–Crippen MR) is 81.1 cm³/mol. The van der Waals surface area contributed by atoms with Crippen LogP contribution in [0.1, 0.15) is 26.7 Å². The Kier molecular flexibility index (Phi) is 5.03. The molecule has 0 aliphatic rings. The van der Waals surface area contributed by atoms with E-state index in [0.717, 1.165) is 11.5 Å². The zero-order valence-corrected chi connectivity index (χ0v) is 13.7. The van der Waals surface area contributed by atoms with Gasteiger partial charge in [0.2, 0.25) is 0 Å². The lowest BCUT2D eigenvalue weighted by Crippen LogP contribution is -2.22. The second kappa shape index (κ2) is 6.79. The third-order valence-corrected chi connectivity index (χ3v) is 3.12. The number of ether oxygens (including phenoxy) is 3. The standard InChI is InChI=1S/C16H22N2O4/c1-16(2,3)15-17-14(18-22-15)11-6-7-12(20-5)13(10-11)21-9-8-19-4/h6-7,10H,8-9H2,1-5H3/p+1. The molecule has 0 saturated heterocycles. The van der Waals surface area contributed by atoms with E-state index in [0.29, 0.717) is 30.5 Å². The Morgan fingerprint density at radius 3 is 2.50 bits per heavy atom. The van der Waals surface area contributed by atoms with Crippen molar-refractivity contribution in [2.45, 2.75) is 26.2 Å². The van der Waals surface area contributed by atoms with E-state index in [1.54, 1.807) is 14.2 Å². The molecule has 1 heterocycles. The van der Waals surface area contributed by atoms with Gasteiger partial charge in [-0.1, -0.05) is 0 Å². The number of aromatic amines is 1. The first-order chi connectivity index (χ1) is 10.5. The van der Waals surface area contributed by atoms with Crippen LogP contribution in [0.5, 0.6) is 11.5 Å². The summed E-state index contributed by atoms with van der Waals surface area (Å²) in [6.45, 7) is 7.13. The van der Waals surface area contributed by atoms with Gasteiger partial charge in [0, 0.05) is 7.11 Å². The van der Waals surface area contributed by atoms with E-state index in [2.05, 4.69) is 30.9 Å². The van der Waals surface area contributed by atoms with E-state index in [4.69, 9.17) is 18.7 Å². The Balaban J connectivity index is 2.27. The van der Waals surface area contributed by atoms with Crippen LogP contribution >= 0.6 is 0 Å². The largest absolute Gasteiger partial charge is 0.493 e. The average Bonchev–Trinajstić information content (AvgIpc) is 2.97. The van der Waals surface area contributed by atoms with E-state index < -0.39 is 0 Å². The van der Waals surface area contributed by atoms with Gasteiger partial charge >= 0.3 is 11.7 Å². The molecule has 0 fully saturated rings. The van der Waals surface area contributed by atoms with E-state index in [9.17, 15) is 0 Å². The molecule has 0 atom stereocenters. The SMILES string of the molecule is COCCOc1cc(-c2noc(C(C)(C)C)[nH+]2)ccc1OC. The molecule has 0 radical (unpaired) electrons. The molecule has 1 N–H and O–H groups in total. The molecule has 22 heavy (non-hydrogen) atoms. The van der Waals surface area contributed by atoms with Crippen molar-refractivity contribution in [1.82, 2.24) is 5.16 Å². The Bertz CT molecular complexity index is 617. The van der Waals surface area contributed by atoms with Gasteiger partial charge in [-0.05, 0) is 39.0 Å². The number of hydrogen-bond donors (Lipinski definition) is 0. The molecule has 0 aliphatic carbocycles. The van der Waals surface area contributed by atoms with Gasteiger partial charge in [0.1, 0.15) is 6.61 Å². The van der Waals surface area contributed by atoms with Crippen LogP contribution in [0.3, 0.4) is 0 Å². The third-order valence-electron chi connectivity index (χ3n) is 3.12. The zero-order valence-electron chi connectivity index (χ0n) is 13.7. The highest BCUT2D eigenvalue weighted by Gasteiger charge is 2.28. The lowest BCUT2D eigenvalue weighted by molar-refractivity contribution is -0.393. The van der Waals surface area contributed by atoms with E-state index >= 15 is 0 Å². The number of hydrogen-bond acceptors (Lipinski definition) is 5. The fourth-order valence-electron chi connectivity index (χ4n) is 1.87. The minimum absolute atomic E-state index is 0.129. The van der Waals surface area contributed by atoms with Crippen LogP contribution in [0.4, 0.5) is 0 Å². The minimum Gasteiger partial charge on any atom is -0.493 e. The molecule has 0 aliphatic heterocycles. The first-order valence-electron chi connectivity index (χ1n) is 7.15. The van der Waals surface area contributed by atoms with Crippen LogP contribution < -0.4 is 14.5 Å². The Hall–Kier alpha value is -2.08. The highest BCUT2D eigenvalue weighted by molar-refractivity contribution is 5.58. The first-order valence-corrected chi connectivity index (χ1v) is 7.15. The lowest BCUT2D eigenvalue weighted by atomic mass is 9.97. The summed E-state index contributed by atoms with van der Waals surface area (Å²) in [6.07, 6.45) is 0. The summed E-state index contributed by atoms with van der Waals surface area (Å²) < 4.78 is 21.4. The average molecular weight is 307 g/mol. The predicted octanol–water partition coefficient (Wildman–Crippen LogP) is 2.49. The molecule has 2 aromatic rings. The molecule has 1 aromatic heterocycles. The Morgan fingerprint density at radius 1 is 1.14 bits per heavy atom. The Labute approximate surface area is 130 Å². The highest BCUT2D eigenvalue weighted by Crippen LogP contribution is 2.31. The zero-order chi connectivity index (χ0) is 16.2. The van der Waals surface area contributed by atoms with Gasteiger partial charge in [-0.15, -0.1) is 0 Å². The van der Waals surface area contributed by atoms with Crippen molar-refractivity contribution in [3.05, 3.63) is 24.1 Å². The van der Waals surface area contributed by atoms with Crippen LogP contribution in [0.2, 0.25) is 0 Å². The first kappa shape index (κ1) is 16.3. The number of aromatic nitrogens is 2. The maximum atomic E-state index is 5.68. The number of methoxy groups -OCH3 is 2. The summed E-state index contributed by atoms with van der Waals surface area (Å²) in [4.78, 5) is 3.20. The van der Waals surface area contributed by atoms with E-state index in [1.807, 2.05) is 18.2 Å². The third kappa shape index (κ3) is 3.76. The van der Waals surface area contributed by atoms with Crippen LogP contribution in [0, 0.1) is 0 Å². The molecule has 1 aromatic carbocycles. The van der Waals surface area contributed by atoms with Crippen molar-refractivity contribution < 1.29 is 23.7 Å². The quantitative estimate of drug-likeness (QED) is 0.767. The van der Waals surface area contributed by atoms with Crippen LogP contribution in [-0.2, 0) is 10.2 Å². The number of benzene rings is 1. The topological polar surface area (TPSA) is 67.9 Å². The summed E-state index contributed by atoms with van der Waals surface area (Å²) in [5.41, 5.74) is 0.739. The van der Waals surface area contributed by atoms with Crippen molar-refractivity contribution in [2.75, 3.05) is 27.4 Å². The summed E-state index contributed by atoms with van der Waals surface area (Å²) in [5, 5.41) is 4.09. The summed E-state index contributed by atoms with van der Waals surface area (Å²) in [6, 6.07) is 5.62. The minimum atomic E-state index is -0.129. The van der Waals surface area contributed by atoms with Crippen LogP contribution in [0.25, 0.3) is 11.4 Å². The van der Waals surface area contributed by atoms with Gasteiger partial charge in [0.05, 0.1) is 24.7 Å². The number of H-pyrrole nitrogens is 1. The van der Waals surface area contributed by atoms with Crippen molar-refractivity contribution >= 4 is 0 Å². The maximum absolute atomic E-state index is 5.68. The van der Waals surface area contributed by atoms with E-state index in [-0.39, 0.29) is 5.41 Å². The van der Waals surface area contributed by atoms with Crippen molar-refractivity contribution in [1.29, 1.82) is 0 Å². The van der Waals surface area contributed by atoms with E-state index in [1.165, 1.54) is 0 Å². The molecule has 0 unspecified atom stereocenters. The number of rotatable bonds is 6. The summed E-state index contributed by atoms with van der Waals surface area (Å²) in [7, 11) is 3.24. The van der Waals surface area contributed by atoms with Gasteiger partial charge in [-0.2, -0.15) is 0 Å². The molecule has 120 valence electrons. The van der Waals surface area contributed by atoms with Crippen LogP contribution in [-0.4, -0.2) is 32.6 Å². The Morgan fingerprint density at radius 2 is 1.91 bits per heavy atom. The fraction of sp³-hybridized carbons (Fsp3) is 0.500. The van der Waals surface area contributed by atoms with Crippen LogP contribution in [0.15, 0.2) is 22.7 Å². The van der Waals surface area contributed by atoms with Gasteiger partial charge in [-0.3, -0.25) is 0 Å². The maximum Gasteiger partial charge on any atom is 0.378 e. The van der Waals surface area contributed by atoms with Crippen molar-refractivity contribution in [3.63, 3.8) is 0 Å². The highest BCUT2D eigenvalue weighted by atomic mass is 16.5. The summed E-state index contributed by atoms with van der Waals surface area (Å²) in [5.74, 6) is 2.69. The van der Waals surface area contributed by atoms with Gasteiger partial charge in [-0.25, -0.2) is 9.51 Å². The molecule has 2 rings (SSSR count). The number of nitrogens with one attached hydrogen (secondary N) is 1. The summed E-state index contributed by atoms with van der Waals surface area (Å²) >= 11 is 0. The van der Waals surface area contributed by atoms with Gasteiger partial charge in [0.15, 0.2) is 16.7 Å². The second-order valence-electron chi connectivity index (χ2n) is 5.94. The molecular formula is C16H23N2O4+. The second-order valence-corrected chi connectivity index (χ2v) is 5.94. The van der Waals surface area contributed by atoms with Gasteiger partial charge in [0.25, 0.3) is 0 Å². The number of nitrogens with zero attached hydrogens (tertiary/aromatic N) is 1. The monoisotopic (exact) mass is 307 g/mol. The molecule has 0 amide bonds. The van der Waals surface area contributed by atoms with Crippen molar-refractivity contribution in [2.24, 2.45) is 0 Å². The lowest BCUT2D eigenvalue weighted by Gasteiger charge is -2.10. The smallest absolute Gasteiger partial charge is 0.378 e. The molecule has 0 bridgehead atoms. The molecule has 0 saturated carbocycles. The molecule has 6 nitrogen and oxygen atoms in total. The molecule has 0 spiro atoms. The van der Waals surface area contributed by atoms with Crippen molar-refractivity contribution in [3.8, 4) is 22.9 Å².